The monoisotopic (exact) mass is 281 g/mol. The molecule has 1 amide bonds. The summed E-state index contributed by atoms with van der Waals surface area (Å²) in [7, 11) is 0. The number of carboxylic acid groups (broad SMARTS) is 1. The molecule has 0 aliphatic heterocycles. The first-order valence-corrected chi connectivity index (χ1v) is 5.79. The van der Waals surface area contributed by atoms with Crippen LogP contribution in [0.1, 0.15) is 4.88 Å². The SMILES string of the molecule is O=C(O)CN(CCc1cccs1)C(=O)C(F)(F)F. The van der Waals surface area contributed by atoms with Crippen LogP contribution < -0.4 is 0 Å². The highest BCUT2D eigenvalue weighted by atomic mass is 32.1. The number of carbonyl (C=O) groups excluding carboxylic acids is 1. The zero-order valence-electron chi connectivity index (χ0n) is 9.11. The first-order chi connectivity index (χ1) is 8.30. The summed E-state index contributed by atoms with van der Waals surface area (Å²) in [4.78, 5) is 22.5. The summed E-state index contributed by atoms with van der Waals surface area (Å²) in [5.74, 6) is -3.60. The largest absolute Gasteiger partial charge is 0.480 e. The number of aliphatic carboxylic acids is 1. The quantitative estimate of drug-likeness (QED) is 0.894. The molecule has 0 radical (unpaired) electrons. The molecule has 1 aromatic rings. The van der Waals surface area contributed by atoms with Crippen LogP contribution in [0.3, 0.4) is 0 Å². The molecule has 0 unspecified atom stereocenters. The average molecular weight is 281 g/mol. The number of amides is 1. The van der Waals surface area contributed by atoms with Crippen molar-refractivity contribution < 1.29 is 27.9 Å². The Morgan fingerprint density at radius 1 is 1.39 bits per heavy atom. The molecular weight excluding hydrogens is 271 g/mol. The summed E-state index contributed by atoms with van der Waals surface area (Å²) in [5.41, 5.74) is 0. The highest BCUT2D eigenvalue weighted by molar-refractivity contribution is 7.09. The van der Waals surface area contributed by atoms with E-state index in [-0.39, 0.29) is 13.0 Å². The molecule has 0 saturated heterocycles. The van der Waals surface area contributed by atoms with E-state index in [1.54, 1.807) is 17.5 Å². The first-order valence-electron chi connectivity index (χ1n) is 4.91. The Labute approximate surface area is 105 Å². The Balaban J connectivity index is 2.66. The average Bonchev–Trinajstić information content (AvgIpc) is 2.74. The van der Waals surface area contributed by atoms with Gasteiger partial charge in [0.2, 0.25) is 0 Å². The molecule has 1 rings (SSSR count). The summed E-state index contributed by atoms with van der Waals surface area (Å²) in [5, 5.41) is 10.2. The predicted octanol–water partition coefficient (Wildman–Crippen LogP) is 1.77. The number of halogens is 3. The molecule has 0 saturated carbocycles. The molecule has 0 aliphatic carbocycles. The minimum atomic E-state index is -5.05. The fraction of sp³-hybridized carbons (Fsp3) is 0.400. The van der Waals surface area contributed by atoms with Crippen LogP contribution in [0.15, 0.2) is 17.5 Å². The Hall–Kier alpha value is -1.57. The van der Waals surface area contributed by atoms with E-state index in [1.165, 1.54) is 11.3 Å². The molecule has 0 fully saturated rings. The second-order valence-electron chi connectivity index (χ2n) is 3.45. The Morgan fingerprint density at radius 2 is 2.06 bits per heavy atom. The fourth-order valence-electron chi connectivity index (χ4n) is 1.29. The zero-order chi connectivity index (χ0) is 13.8. The van der Waals surface area contributed by atoms with Crippen LogP contribution in [-0.4, -0.2) is 41.1 Å². The lowest BCUT2D eigenvalue weighted by Crippen LogP contribution is -2.44. The van der Waals surface area contributed by atoms with Gasteiger partial charge in [-0.3, -0.25) is 9.59 Å². The van der Waals surface area contributed by atoms with Crippen molar-refractivity contribution in [3.8, 4) is 0 Å². The number of hydrogen-bond donors (Lipinski definition) is 1. The number of hydrogen-bond acceptors (Lipinski definition) is 3. The van der Waals surface area contributed by atoms with Crippen molar-refractivity contribution in [3.05, 3.63) is 22.4 Å². The molecule has 4 nitrogen and oxygen atoms in total. The molecule has 1 aromatic heterocycles. The van der Waals surface area contributed by atoms with Gasteiger partial charge in [0.25, 0.3) is 0 Å². The smallest absolute Gasteiger partial charge is 0.471 e. The second kappa shape index (κ2) is 5.85. The van der Waals surface area contributed by atoms with E-state index >= 15 is 0 Å². The zero-order valence-corrected chi connectivity index (χ0v) is 9.92. The molecule has 0 aliphatic rings. The van der Waals surface area contributed by atoms with Crippen molar-refractivity contribution in [2.24, 2.45) is 0 Å². The third kappa shape index (κ3) is 4.36. The summed E-state index contributed by atoms with van der Waals surface area (Å²) in [6, 6.07) is 3.44. The van der Waals surface area contributed by atoms with Crippen molar-refractivity contribution in [3.63, 3.8) is 0 Å². The number of carbonyl (C=O) groups is 2. The van der Waals surface area contributed by atoms with E-state index in [0.29, 0.717) is 4.90 Å². The van der Waals surface area contributed by atoms with Gasteiger partial charge < -0.3 is 10.0 Å². The van der Waals surface area contributed by atoms with E-state index in [0.717, 1.165) is 4.88 Å². The molecule has 0 spiro atoms. The van der Waals surface area contributed by atoms with Crippen LogP contribution in [0.2, 0.25) is 0 Å². The van der Waals surface area contributed by atoms with Crippen molar-refractivity contribution in [2.45, 2.75) is 12.6 Å². The maximum Gasteiger partial charge on any atom is 0.471 e. The lowest BCUT2D eigenvalue weighted by molar-refractivity contribution is -0.186. The van der Waals surface area contributed by atoms with Crippen LogP contribution in [0, 0.1) is 0 Å². The molecule has 100 valence electrons. The highest BCUT2D eigenvalue weighted by Crippen LogP contribution is 2.19. The van der Waals surface area contributed by atoms with Crippen LogP contribution in [0.25, 0.3) is 0 Å². The number of thiophene rings is 1. The summed E-state index contributed by atoms with van der Waals surface area (Å²) in [6.07, 6.45) is -4.85. The topological polar surface area (TPSA) is 57.6 Å². The standard InChI is InChI=1S/C10H10F3NO3S/c11-10(12,13)9(17)14(6-8(15)16)4-3-7-2-1-5-18-7/h1-2,5H,3-4,6H2,(H,15,16). The van der Waals surface area contributed by atoms with Gasteiger partial charge in [-0.05, 0) is 17.9 Å². The van der Waals surface area contributed by atoms with Gasteiger partial charge in [0, 0.05) is 11.4 Å². The number of carboxylic acids is 1. The van der Waals surface area contributed by atoms with E-state index in [4.69, 9.17) is 5.11 Å². The third-order valence-electron chi connectivity index (χ3n) is 2.06. The molecule has 0 atom stereocenters. The minimum Gasteiger partial charge on any atom is -0.480 e. The molecule has 0 aromatic carbocycles. The lowest BCUT2D eigenvalue weighted by atomic mass is 10.3. The maximum atomic E-state index is 12.2. The summed E-state index contributed by atoms with van der Waals surface area (Å²) < 4.78 is 36.7. The normalized spacial score (nSPS) is 11.3. The van der Waals surface area contributed by atoms with Gasteiger partial charge in [-0.25, -0.2) is 0 Å². The van der Waals surface area contributed by atoms with E-state index < -0.39 is 24.6 Å². The van der Waals surface area contributed by atoms with Crippen molar-refractivity contribution in [1.29, 1.82) is 0 Å². The van der Waals surface area contributed by atoms with Gasteiger partial charge in [-0.2, -0.15) is 13.2 Å². The van der Waals surface area contributed by atoms with Crippen LogP contribution in [0.4, 0.5) is 13.2 Å². The molecule has 8 heteroatoms. The van der Waals surface area contributed by atoms with E-state index in [9.17, 15) is 22.8 Å². The molecule has 1 heterocycles. The van der Waals surface area contributed by atoms with E-state index in [1.807, 2.05) is 0 Å². The third-order valence-corrected chi connectivity index (χ3v) is 3.00. The molecule has 0 bridgehead atoms. The minimum absolute atomic E-state index is 0.201. The van der Waals surface area contributed by atoms with Gasteiger partial charge in [-0.15, -0.1) is 11.3 Å². The Morgan fingerprint density at radius 3 is 2.50 bits per heavy atom. The van der Waals surface area contributed by atoms with E-state index in [2.05, 4.69) is 0 Å². The molecular formula is C10H10F3NO3S. The molecule has 18 heavy (non-hydrogen) atoms. The number of nitrogens with zero attached hydrogens (tertiary/aromatic N) is 1. The van der Waals surface area contributed by atoms with Gasteiger partial charge in [-0.1, -0.05) is 6.07 Å². The van der Waals surface area contributed by atoms with Gasteiger partial charge in [0.05, 0.1) is 0 Å². The van der Waals surface area contributed by atoms with Crippen LogP contribution in [0.5, 0.6) is 0 Å². The Bertz CT molecular complexity index is 417. The second-order valence-corrected chi connectivity index (χ2v) is 4.48. The predicted molar refractivity (Wildman–Crippen MR) is 58.3 cm³/mol. The van der Waals surface area contributed by atoms with Crippen LogP contribution in [-0.2, 0) is 16.0 Å². The number of alkyl halides is 3. The maximum absolute atomic E-state index is 12.2. The lowest BCUT2D eigenvalue weighted by Gasteiger charge is -2.21. The summed E-state index contributed by atoms with van der Waals surface area (Å²) >= 11 is 1.34. The van der Waals surface area contributed by atoms with Gasteiger partial charge >= 0.3 is 18.1 Å². The van der Waals surface area contributed by atoms with Gasteiger partial charge in [0.15, 0.2) is 0 Å². The van der Waals surface area contributed by atoms with Crippen LogP contribution >= 0.6 is 11.3 Å². The Kier molecular flexibility index (Phi) is 4.71. The first kappa shape index (κ1) is 14.5. The van der Waals surface area contributed by atoms with Crippen molar-refractivity contribution >= 4 is 23.2 Å². The number of rotatable bonds is 5. The van der Waals surface area contributed by atoms with Crippen molar-refractivity contribution in [2.75, 3.05) is 13.1 Å². The fourth-order valence-corrected chi connectivity index (χ4v) is 1.99. The summed E-state index contributed by atoms with van der Waals surface area (Å²) in [6.45, 7) is -1.23. The van der Waals surface area contributed by atoms with Gasteiger partial charge in [0.1, 0.15) is 6.54 Å². The highest BCUT2D eigenvalue weighted by Gasteiger charge is 2.42. The molecule has 1 N–H and O–H groups in total. The van der Waals surface area contributed by atoms with Crippen molar-refractivity contribution in [1.82, 2.24) is 4.90 Å².